The summed E-state index contributed by atoms with van der Waals surface area (Å²) in [5.41, 5.74) is 0.703. The van der Waals surface area contributed by atoms with Gasteiger partial charge in [0.15, 0.2) is 6.61 Å². The fourth-order valence-corrected chi connectivity index (χ4v) is 5.20. The quantitative estimate of drug-likeness (QED) is 0.364. The highest BCUT2D eigenvalue weighted by Gasteiger charge is 2.31. The average molecular weight is 577 g/mol. The smallest absolute Gasteiger partial charge is 0.261 e. The van der Waals surface area contributed by atoms with Crippen LogP contribution in [0.15, 0.2) is 40.9 Å². The van der Waals surface area contributed by atoms with Gasteiger partial charge in [-0.25, -0.2) is 0 Å². The van der Waals surface area contributed by atoms with Crippen molar-refractivity contribution in [3.8, 4) is 5.75 Å². The summed E-state index contributed by atoms with van der Waals surface area (Å²) < 4.78 is 6.39. The fourth-order valence-electron chi connectivity index (χ4n) is 3.94. The maximum Gasteiger partial charge on any atom is 0.261 e. The van der Waals surface area contributed by atoms with Gasteiger partial charge in [0, 0.05) is 27.7 Å². The number of rotatable bonds is 9. The molecule has 0 aromatic heterocycles. The minimum absolute atomic E-state index is 0.156. The second-order valence-corrected chi connectivity index (χ2v) is 10.2. The zero-order chi connectivity index (χ0) is 24.0. The van der Waals surface area contributed by atoms with Gasteiger partial charge in [0.2, 0.25) is 5.91 Å². The number of amides is 2. The largest absolute Gasteiger partial charge is 0.483 e. The first-order valence-electron chi connectivity index (χ1n) is 10.9. The molecule has 178 valence electrons. The second-order valence-electron chi connectivity index (χ2n) is 8.03. The summed E-state index contributed by atoms with van der Waals surface area (Å²) in [5, 5.41) is 4.61. The number of benzene rings is 2. The third kappa shape index (κ3) is 7.25. The van der Waals surface area contributed by atoms with E-state index in [-0.39, 0.29) is 31.0 Å². The molecule has 0 spiro atoms. The summed E-state index contributed by atoms with van der Waals surface area (Å²) in [5.74, 6) is 0.00693. The molecule has 0 bridgehead atoms. The lowest BCUT2D eigenvalue weighted by atomic mass is 10.1. The number of carbonyl (C=O) groups excluding carboxylic acids is 2. The number of carbonyl (C=O) groups is 2. The second kappa shape index (κ2) is 12.3. The molecule has 1 unspecified atom stereocenters. The van der Waals surface area contributed by atoms with Crippen molar-refractivity contribution < 1.29 is 14.3 Å². The summed E-state index contributed by atoms with van der Waals surface area (Å²) in [6, 6.07) is 9.67. The van der Waals surface area contributed by atoms with Crippen LogP contribution in [0.3, 0.4) is 0 Å². The van der Waals surface area contributed by atoms with Crippen molar-refractivity contribution in [1.29, 1.82) is 0 Å². The van der Waals surface area contributed by atoms with Crippen LogP contribution < -0.4 is 10.1 Å². The molecule has 33 heavy (non-hydrogen) atoms. The monoisotopic (exact) mass is 574 g/mol. The highest BCUT2D eigenvalue weighted by Crippen LogP contribution is 2.29. The maximum atomic E-state index is 13.3. The SMILES string of the molecule is CCC(C(=O)NC1CCCC1)N(Cc1ccc(Cl)cc1Cl)C(=O)COc1ccc(Cl)cc1Br. The number of hydrogen-bond acceptors (Lipinski definition) is 3. The molecule has 5 nitrogen and oxygen atoms in total. The molecule has 9 heteroatoms. The zero-order valence-corrected chi connectivity index (χ0v) is 22.1. The van der Waals surface area contributed by atoms with Crippen LogP contribution in [0.2, 0.25) is 15.1 Å². The van der Waals surface area contributed by atoms with Gasteiger partial charge in [-0.15, -0.1) is 0 Å². The van der Waals surface area contributed by atoms with E-state index in [1.807, 2.05) is 6.92 Å². The lowest BCUT2D eigenvalue weighted by molar-refractivity contribution is -0.143. The molecule has 2 amide bonds. The molecule has 1 aliphatic carbocycles. The van der Waals surface area contributed by atoms with Crippen molar-refractivity contribution in [3.05, 3.63) is 61.5 Å². The summed E-state index contributed by atoms with van der Waals surface area (Å²) in [4.78, 5) is 28.0. The van der Waals surface area contributed by atoms with Gasteiger partial charge in [0.1, 0.15) is 11.8 Å². The minimum atomic E-state index is -0.651. The lowest BCUT2D eigenvalue weighted by Crippen LogP contribution is -2.52. The molecule has 1 aliphatic rings. The van der Waals surface area contributed by atoms with Crippen molar-refractivity contribution in [2.75, 3.05) is 6.61 Å². The topological polar surface area (TPSA) is 58.6 Å². The fraction of sp³-hybridized carbons (Fsp3) is 0.417. The Balaban J connectivity index is 1.80. The molecule has 2 aromatic rings. The molecule has 0 saturated heterocycles. The van der Waals surface area contributed by atoms with Crippen molar-refractivity contribution in [2.24, 2.45) is 0 Å². The van der Waals surface area contributed by atoms with Gasteiger partial charge in [-0.3, -0.25) is 9.59 Å². The van der Waals surface area contributed by atoms with Crippen LogP contribution in [0.25, 0.3) is 0 Å². The zero-order valence-electron chi connectivity index (χ0n) is 18.3. The van der Waals surface area contributed by atoms with Gasteiger partial charge in [-0.1, -0.05) is 60.6 Å². The van der Waals surface area contributed by atoms with Crippen LogP contribution in [0.4, 0.5) is 0 Å². The molecule has 1 fully saturated rings. The van der Waals surface area contributed by atoms with Crippen LogP contribution in [-0.4, -0.2) is 35.4 Å². The average Bonchev–Trinajstić information content (AvgIpc) is 3.27. The van der Waals surface area contributed by atoms with Gasteiger partial charge < -0.3 is 15.0 Å². The van der Waals surface area contributed by atoms with E-state index in [0.29, 0.717) is 37.3 Å². The van der Waals surface area contributed by atoms with Gasteiger partial charge in [-0.05, 0) is 71.1 Å². The third-order valence-corrected chi connectivity index (χ3v) is 7.13. The molecule has 0 aliphatic heterocycles. The standard InChI is InChI=1S/C24H26BrCl3N2O3/c1-2-21(24(32)29-18-5-3-4-6-18)30(13-15-7-8-17(27)12-20(15)28)23(31)14-33-22-10-9-16(26)11-19(22)25/h7-12,18,21H,2-6,13-14H2,1H3,(H,29,32). The Morgan fingerprint density at radius 1 is 1.12 bits per heavy atom. The first-order valence-corrected chi connectivity index (χ1v) is 12.8. The summed E-state index contributed by atoms with van der Waals surface area (Å²) in [7, 11) is 0. The van der Waals surface area contributed by atoms with E-state index in [9.17, 15) is 9.59 Å². The highest BCUT2D eigenvalue weighted by molar-refractivity contribution is 9.10. The number of halogens is 4. The Morgan fingerprint density at radius 3 is 2.42 bits per heavy atom. The Morgan fingerprint density at radius 2 is 1.79 bits per heavy atom. The molecule has 1 saturated carbocycles. The van der Waals surface area contributed by atoms with Crippen molar-refractivity contribution in [3.63, 3.8) is 0 Å². The van der Waals surface area contributed by atoms with Crippen LogP contribution >= 0.6 is 50.7 Å². The Bertz CT molecular complexity index is 999. The molecule has 3 rings (SSSR count). The van der Waals surface area contributed by atoms with E-state index < -0.39 is 6.04 Å². The molecule has 0 heterocycles. The molecular weight excluding hydrogens is 551 g/mol. The molecule has 2 aromatic carbocycles. The minimum Gasteiger partial charge on any atom is -0.483 e. The van der Waals surface area contributed by atoms with Gasteiger partial charge in [0.25, 0.3) is 5.91 Å². The van der Waals surface area contributed by atoms with E-state index in [0.717, 1.165) is 25.7 Å². The molecule has 1 atom stereocenters. The van der Waals surface area contributed by atoms with Crippen molar-refractivity contribution in [1.82, 2.24) is 10.2 Å². The lowest BCUT2D eigenvalue weighted by Gasteiger charge is -2.31. The molecule has 0 radical (unpaired) electrons. The first-order chi connectivity index (χ1) is 15.8. The molecule has 1 N–H and O–H groups in total. The maximum absolute atomic E-state index is 13.3. The summed E-state index contributed by atoms with van der Waals surface area (Å²) in [6.45, 7) is 1.81. The van der Waals surface area contributed by atoms with Crippen LogP contribution in [0, 0.1) is 0 Å². The number of ether oxygens (including phenoxy) is 1. The predicted octanol–water partition coefficient (Wildman–Crippen LogP) is 6.65. The Hall–Kier alpha value is -1.47. The number of nitrogens with one attached hydrogen (secondary N) is 1. The van der Waals surface area contributed by atoms with Gasteiger partial charge >= 0.3 is 0 Å². The highest BCUT2D eigenvalue weighted by atomic mass is 79.9. The Labute approximate surface area is 217 Å². The molecular formula is C24H26BrCl3N2O3. The van der Waals surface area contributed by atoms with E-state index >= 15 is 0 Å². The van der Waals surface area contributed by atoms with Crippen molar-refractivity contribution in [2.45, 2.75) is 57.7 Å². The van der Waals surface area contributed by atoms with Crippen molar-refractivity contribution >= 4 is 62.5 Å². The number of hydrogen-bond donors (Lipinski definition) is 1. The van der Waals surface area contributed by atoms with E-state index in [1.165, 1.54) is 4.90 Å². The van der Waals surface area contributed by atoms with E-state index in [1.54, 1.807) is 36.4 Å². The van der Waals surface area contributed by atoms with E-state index in [2.05, 4.69) is 21.2 Å². The van der Waals surface area contributed by atoms with Gasteiger partial charge in [0.05, 0.1) is 4.47 Å². The summed E-state index contributed by atoms with van der Waals surface area (Å²) >= 11 is 21.8. The normalized spacial score (nSPS) is 14.7. The predicted molar refractivity (Wildman–Crippen MR) is 136 cm³/mol. The summed E-state index contributed by atoms with van der Waals surface area (Å²) in [6.07, 6.45) is 4.60. The van der Waals surface area contributed by atoms with E-state index in [4.69, 9.17) is 39.5 Å². The first kappa shape index (κ1) is 26.1. The number of nitrogens with zero attached hydrogens (tertiary/aromatic N) is 1. The third-order valence-electron chi connectivity index (χ3n) is 5.69. The van der Waals surface area contributed by atoms with Crippen LogP contribution in [0.5, 0.6) is 5.75 Å². The van der Waals surface area contributed by atoms with Gasteiger partial charge in [-0.2, -0.15) is 0 Å². The van der Waals surface area contributed by atoms with Crippen LogP contribution in [0.1, 0.15) is 44.6 Å². The van der Waals surface area contributed by atoms with Crippen LogP contribution in [-0.2, 0) is 16.1 Å². The Kier molecular flexibility index (Phi) is 9.74.